The molecule has 25 heavy (non-hydrogen) atoms. The van der Waals surface area contributed by atoms with Crippen molar-refractivity contribution in [2.24, 2.45) is 5.92 Å². The van der Waals surface area contributed by atoms with Gasteiger partial charge < -0.3 is 9.84 Å². The summed E-state index contributed by atoms with van der Waals surface area (Å²) in [4.78, 5) is 13.9. The Bertz CT molecular complexity index is 648. The zero-order chi connectivity index (χ0) is 17.8. The molecule has 3 unspecified atom stereocenters. The number of hydrogen-bond acceptors (Lipinski definition) is 4. The normalized spacial score (nSPS) is 28.8. The SMILES string of the molecule is CCOC(=O)CC(C)c1ccc(C#CC2C(O)C3CCN2CC3)cc1. The van der Waals surface area contributed by atoms with Crippen LogP contribution in [0.3, 0.4) is 0 Å². The van der Waals surface area contributed by atoms with Gasteiger partial charge in [0.25, 0.3) is 0 Å². The van der Waals surface area contributed by atoms with Crippen molar-refractivity contribution in [1.82, 2.24) is 4.90 Å². The average Bonchev–Trinajstić information content (AvgIpc) is 2.62. The molecule has 3 fully saturated rings. The summed E-state index contributed by atoms with van der Waals surface area (Å²) in [5, 5.41) is 10.4. The van der Waals surface area contributed by atoms with Crippen molar-refractivity contribution in [3.8, 4) is 11.8 Å². The van der Waals surface area contributed by atoms with Gasteiger partial charge in [-0.3, -0.25) is 9.69 Å². The standard InChI is InChI=1S/C21H27NO3/c1-3-25-20(23)14-15(2)17-7-4-16(5-8-17)6-9-19-21(24)18-10-12-22(19)13-11-18/h4-5,7-8,15,18-19,21,24H,3,10-14H2,1-2H3. The number of esters is 1. The number of fused-ring (bicyclic) bond motifs is 3. The topological polar surface area (TPSA) is 49.8 Å². The summed E-state index contributed by atoms with van der Waals surface area (Å²) in [6, 6.07) is 8.00. The molecule has 4 rings (SSSR count). The van der Waals surface area contributed by atoms with Crippen LogP contribution in [-0.2, 0) is 9.53 Å². The predicted octanol–water partition coefficient (Wildman–Crippen LogP) is 2.55. The lowest BCUT2D eigenvalue weighted by molar-refractivity contribution is -0.143. The zero-order valence-corrected chi connectivity index (χ0v) is 15.1. The number of hydrogen-bond donors (Lipinski definition) is 1. The van der Waals surface area contributed by atoms with Crippen LogP contribution in [0.2, 0.25) is 0 Å². The van der Waals surface area contributed by atoms with E-state index in [0.29, 0.717) is 18.9 Å². The first-order valence-electron chi connectivity index (χ1n) is 9.27. The van der Waals surface area contributed by atoms with Crippen molar-refractivity contribution in [3.05, 3.63) is 35.4 Å². The van der Waals surface area contributed by atoms with Gasteiger partial charge in [-0.1, -0.05) is 30.9 Å². The molecule has 0 spiro atoms. The largest absolute Gasteiger partial charge is 0.466 e. The van der Waals surface area contributed by atoms with Gasteiger partial charge in [-0.2, -0.15) is 0 Å². The number of ether oxygens (including phenoxy) is 1. The Balaban J connectivity index is 1.63. The Morgan fingerprint density at radius 1 is 1.32 bits per heavy atom. The minimum absolute atomic E-state index is 0.0325. The zero-order valence-electron chi connectivity index (χ0n) is 15.1. The first-order chi connectivity index (χ1) is 12.1. The second-order valence-corrected chi connectivity index (χ2v) is 7.11. The lowest BCUT2D eigenvalue weighted by atomic mass is 9.81. The van der Waals surface area contributed by atoms with Crippen LogP contribution in [-0.4, -0.2) is 47.8 Å². The van der Waals surface area contributed by atoms with Crippen LogP contribution in [0.15, 0.2) is 24.3 Å². The van der Waals surface area contributed by atoms with Crippen LogP contribution in [0.5, 0.6) is 0 Å². The second kappa shape index (κ2) is 8.03. The van der Waals surface area contributed by atoms with Gasteiger partial charge in [0, 0.05) is 5.56 Å². The fourth-order valence-electron chi connectivity index (χ4n) is 3.83. The molecule has 0 amide bonds. The predicted molar refractivity (Wildman–Crippen MR) is 97.1 cm³/mol. The summed E-state index contributed by atoms with van der Waals surface area (Å²) in [6.07, 6.45) is 2.25. The summed E-state index contributed by atoms with van der Waals surface area (Å²) in [5.74, 6) is 6.86. The summed E-state index contributed by atoms with van der Waals surface area (Å²) >= 11 is 0. The molecule has 3 aliphatic rings. The minimum Gasteiger partial charge on any atom is -0.466 e. The molecule has 1 aromatic carbocycles. The molecule has 134 valence electrons. The number of rotatable bonds is 4. The van der Waals surface area contributed by atoms with Crippen molar-refractivity contribution in [2.45, 2.75) is 51.2 Å². The maximum atomic E-state index is 11.6. The first kappa shape index (κ1) is 18.0. The van der Waals surface area contributed by atoms with Gasteiger partial charge in [0.05, 0.1) is 25.2 Å². The summed E-state index contributed by atoms with van der Waals surface area (Å²) in [6.45, 7) is 6.36. The highest BCUT2D eigenvalue weighted by Gasteiger charge is 2.40. The van der Waals surface area contributed by atoms with E-state index in [9.17, 15) is 9.90 Å². The third kappa shape index (κ3) is 4.23. The highest BCUT2D eigenvalue weighted by Crippen LogP contribution is 2.32. The van der Waals surface area contributed by atoms with Gasteiger partial charge in [0.15, 0.2) is 0 Å². The number of carbonyl (C=O) groups is 1. The highest BCUT2D eigenvalue weighted by atomic mass is 16.5. The quantitative estimate of drug-likeness (QED) is 0.675. The fourth-order valence-corrected chi connectivity index (χ4v) is 3.83. The van der Waals surface area contributed by atoms with Gasteiger partial charge in [-0.25, -0.2) is 0 Å². The lowest BCUT2D eigenvalue weighted by Crippen LogP contribution is -2.57. The van der Waals surface area contributed by atoms with Crippen molar-refractivity contribution >= 4 is 5.97 Å². The molecule has 1 aromatic rings. The van der Waals surface area contributed by atoms with Gasteiger partial charge in [-0.15, -0.1) is 0 Å². The molecule has 0 radical (unpaired) electrons. The highest BCUT2D eigenvalue weighted by molar-refractivity contribution is 5.70. The molecule has 0 aromatic heterocycles. The van der Waals surface area contributed by atoms with Crippen LogP contribution in [0.1, 0.15) is 50.2 Å². The van der Waals surface area contributed by atoms with E-state index in [1.165, 1.54) is 0 Å². The molecule has 4 heteroatoms. The average molecular weight is 341 g/mol. The maximum absolute atomic E-state index is 11.6. The summed E-state index contributed by atoms with van der Waals surface area (Å²) < 4.78 is 5.01. The molecule has 2 bridgehead atoms. The Hall–Kier alpha value is -1.83. The van der Waals surface area contributed by atoms with Gasteiger partial charge in [-0.05, 0) is 62.4 Å². The van der Waals surface area contributed by atoms with E-state index in [4.69, 9.17) is 4.74 Å². The molecule has 3 atom stereocenters. The van der Waals surface area contributed by atoms with Crippen LogP contribution >= 0.6 is 0 Å². The molecule has 0 aliphatic carbocycles. The number of aliphatic hydroxyl groups excluding tert-OH is 1. The molecular weight excluding hydrogens is 314 g/mol. The molecule has 3 heterocycles. The summed E-state index contributed by atoms with van der Waals surface area (Å²) in [7, 11) is 0. The van der Waals surface area contributed by atoms with Crippen LogP contribution in [0, 0.1) is 17.8 Å². The van der Waals surface area contributed by atoms with Gasteiger partial charge in [0.1, 0.15) is 0 Å². The molecule has 1 N–H and O–H groups in total. The van der Waals surface area contributed by atoms with Crippen molar-refractivity contribution in [3.63, 3.8) is 0 Å². The van der Waals surface area contributed by atoms with Crippen molar-refractivity contribution in [2.75, 3.05) is 19.7 Å². The Morgan fingerprint density at radius 3 is 2.60 bits per heavy atom. The lowest BCUT2D eigenvalue weighted by Gasteiger charge is -2.46. The smallest absolute Gasteiger partial charge is 0.306 e. The van der Waals surface area contributed by atoms with Gasteiger partial charge >= 0.3 is 5.97 Å². The van der Waals surface area contributed by atoms with E-state index >= 15 is 0 Å². The van der Waals surface area contributed by atoms with Crippen LogP contribution < -0.4 is 0 Å². The van der Waals surface area contributed by atoms with E-state index in [2.05, 4.69) is 16.7 Å². The minimum atomic E-state index is -0.320. The number of piperidine rings is 3. The maximum Gasteiger partial charge on any atom is 0.306 e. The van der Waals surface area contributed by atoms with E-state index < -0.39 is 0 Å². The molecule has 3 aliphatic heterocycles. The Labute approximate surface area is 150 Å². The van der Waals surface area contributed by atoms with E-state index in [0.717, 1.165) is 37.1 Å². The van der Waals surface area contributed by atoms with Crippen LogP contribution in [0.25, 0.3) is 0 Å². The van der Waals surface area contributed by atoms with Crippen molar-refractivity contribution in [1.29, 1.82) is 0 Å². The van der Waals surface area contributed by atoms with E-state index in [1.54, 1.807) is 0 Å². The third-order valence-corrected chi connectivity index (χ3v) is 5.40. The Kier molecular flexibility index (Phi) is 5.78. The number of nitrogens with zero attached hydrogens (tertiary/aromatic N) is 1. The third-order valence-electron chi connectivity index (χ3n) is 5.40. The number of benzene rings is 1. The van der Waals surface area contributed by atoms with E-state index in [1.807, 2.05) is 38.1 Å². The fraction of sp³-hybridized carbons (Fsp3) is 0.571. The second-order valence-electron chi connectivity index (χ2n) is 7.11. The monoisotopic (exact) mass is 341 g/mol. The summed E-state index contributed by atoms with van der Waals surface area (Å²) in [5.41, 5.74) is 2.06. The van der Waals surface area contributed by atoms with Crippen molar-refractivity contribution < 1.29 is 14.6 Å². The molecule has 3 saturated heterocycles. The van der Waals surface area contributed by atoms with E-state index in [-0.39, 0.29) is 24.0 Å². The molecule has 4 nitrogen and oxygen atoms in total. The number of aliphatic hydroxyl groups is 1. The molecular formula is C21H27NO3. The molecule has 0 saturated carbocycles. The van der Waals surface area contributed by atoms with Crippen LogP contribution in [0.4, 0.5) is 0 Å². The Morgan fingerprint density at radius 2 is 2.00 bits per heavy atom. The van der Waals surface area contributed by atoms with Gasteiger partial charge in [0.2, 0.25) is 0 Å². The first-order valence-corrected chi connectivity index (χ1v) is 9.27. The number of carbonyl (C=O) groups excluding carboxylic acids is 1.